The Labute approximate surface area is 170 Å². The van der Waals surface area contributed by atoms with Gasteiger partial charge < -0.3 is 15.4 Å². The lowest BCUT2D eigenvalue weighted by Gasteiger charge is -2.36. The van der Waals surface area contributed by atoms with E-state index in [4.69, 9.17) is 4.74 Å². The number of amides is 2. The van der Waals surface area contributed by atoms with Gasteiger partial charge in [-0.3, -0.25) is 14.5 Å². The van der Waals surface area contributed by atoms with Crippen molar-refractivity contribution >= 4 is 17.5 Å². The van der Waals surface area contributed by atoms with Crippen molar-refractivity contribution in [3.63, 3.8) is 0 Å². The maximum Gasteiger partial charge on any atom is 0.250 e. The van der Waals surface area contributed by atoms with Crippen LogP contribution in [0.3, 0.4) is 0 Å². The molecule has 2 saturated heterocycles. The molecule has 2 fully saturated rings. The molecule has 2 aromatic rings. The third kappa shape index (κ3) is 2.59. The molecular weight excluding hydrogens is 366 g/mol. The number of para-hydroxylation sites is 2. The smallest absolute Gasteiger partial charge is 0.250 e. The summed E-state index contributed by atoms with van der Waals surface area (Å²) in [5.41, 5.74) is 1.79. The van der Waals surface area contributed by atoms with Gasteiger partial charge in [-0.1, -0.05) is 36.4 Å². The summed E-state index contributed by atoms with van der Waals surface area (Å²) in [6.07, 6.45) is 2.81. The number of hydrogen-bond acceptors (Lipinski definition) is 4. The third-order valence-electron chi connectivity index (χ3n) is 6.74. The molecule has 3 atom stereocenters. The minimum absolute atomic E-state index is 0.0689. The highest BCUT2D eigenvalue weighted by atomic mass is 16.5. The molecule has 29 heavy (non-hydrogen) atoms. The first kappa shape index (κ1) is 18.2. The van der Waals surface area contributed by atoms with Gasteiger partial charge in [0.05, 0.1) is 13.0 Å². The molecule has 1 spiro atoms. The predicted octanol–water partition coefficient (Wildman–Crippen LogP) is 2.64. The Morgan fingerprint density at radius 3 is 2.90 bits per heavy atom. The SMILES string of the molecule is COc1ccccc1CNC(=O)[C@@H]1C[C@H]2CCCN2[C@]12C(=O)Nc1ccccc12. The quantitative estimate of drug-likeness (QED) is 0.841. The Morgan fingerprint density at radius 1 is 1.24 bits per heavy atom. The molecule has 0 unspecified atom stereocenters. The zero-order valence-corrected chi connectivity index (χ0v) is 16.5. The normalized spacial score (nSPS) is 27.6. The van der Waals surface area contributed by atoms with Gasteiger partial charge in [-0.05, 0) is 37.9 Å². The number of carbonyl (C=O) groups is 2. The average molecular weight is 391 g/mol. The van der Waals surface area contributed by atoms with E-state index in [2.05, 4.69) is 15.5 Å². The van der Waals surface area contributed by atoms with Crippen LogP contribution in [0.25, 0.3) is 0 Å². The van der Waals surface area contributed by atoms with E-state index in [1.54, 1.807) is 7.11 Å². The number of nitrogens with one attached hydrogen (secondary N) is 2. The van der Waals surface area contributed by atoms with E-state index in [1.807, 2.05) is 48.5 Å². The molecule has 0 bridgehead atoms. The molecule has 6 nitrogen and oxygen atoms in total. The van der Waals surface area contributed by atoms with Crippen LogP contribution in [0, 0.1) is 5.92 Å². The number of ether oxygens (including phenoxy) is 1. The molecule has 5 rings (SSSR count). The first-order valence-electron chi connectivity index (χ1n) is 10.2. The second-order valence-electron chi connectivity index (χ2n) is 8.07. The Hall–Kier alpha value is -2.86. The summed E-state index contributed by atoms with van der Waals surface area (Å²) in [6, 6.07) is 15.7. The molecule has 0 saturated carbocycles. The minimum atomic E-state index is -0.900. The fraction of sp³-hybridized carbons (Fsp3) is 0.391. The molecule has 3 aliphatic rings. The topological polar surface area (TPSA) is 70.7 Å². The summed E-state index contributed by atoms with van der Waals surface area (Å²) in [5.74, 6) is 0.197. The summed E-state index contributed by atoms with van der Waals surface area (Å²) in [6.45, 7) is 1.23. The number of hydrogen-bond donors (Lipinski definition) is 2. The van der Waals surface area contributed by atoms with Crippen LogP contribution in [-0.4, -0.2) is 36.4 Å². The van der Waals surface area contributed by atoms with Gasteiger partial charge in [0, 0.05) is 29.4 Å². The van der Waals surface area contributed by atoms with Gasteiger partial charge in [0.1, 0.15) is 11.3 Å². The number of nitrogens with zero attached hydrogens (tertiary/aromatic N) is 1. The van der Waals surface area contributed by atoms with Gasteiger partial charge in [-0.2, -0.15) is 0 Å². The van der Waals surface area contributed by atoms with E-state index >= 15 is 0 Å². The molecule has 150 valence electrons. The third-order valence-corrected chi connectivity index (χ3v) is 6.74. The average Bonchev–Trinajstić information content (AvgIpc) is 3.41. The van der Waals surface area contributed by atoms with Crippen molar-refractivity contribution in [1.82, 2.24) is 10.2 Å². The molecule has 0 radical (unpaired) electrons. The molecule has 2 amide bonds. The van der Waals surface area contributed by atoms with Gasteiger partial charge in [-0.25, -0.2) is 0 Å². The van der Waals surface area contributed by atoms with Crippen molar-refractivity contribution in [2.75, 3.05) is 19.0 Å². The van der Waals surface area contributed by atoms with Crippen LogP contribution in [0.1, 0.15) is 30.4 Å². The number of carbonyl (C=O) groups excluding carboxylic acids is 2. The monoisotopic (exact) mass is 391 g/mol. The fourth-order valence-corrected chi connectivity index (χ4v) is 5.53. The van der Waals surface area contributed by atoms with Gasteiger partial charge >= 0.3 is 0 Å². The first-order valence-corrected chi connectivity index (χ1v) is 10.2. The zero-order chi connectivity index (χ0) is 20.0. The number of methoxy groups -OCH3 is 1. The zero-order valence-electron chi connectivity index (χ0n) is 16.5. The van der Waals surface area contributed by atoms with E-state index in [-0.39, 0.29) is 17.9 Å². The maximum absolute atomic E-state index is 13.4. The van der Waals surface area contributed by atoms with E-state index in [1.165, 1.54) is 0 Å². The highest BCUT2D eigenvalue weighted by molar-refractivity contribution is 6.09. The molecule has 0 aromatic heterocycles. The lowest BCUT2D eigenvalue weighted by Crippen LogP contribution is -2.54. The molecule has 3 heterocycles. The Bertz CT molecular complexity index is 975. The van der Waals surface area contributed by atoms with Crippen molar-refractivity contribution < 1.29 is 14.3 Å². The highest BCUT2D eigenvalue weighted by Gasteiger charge is 2.65. The lowest BCUT2D eigenvalue weighted by molar-refractivity contribution is -0.137. The molecule has 3 aliphatic heterocycles. The van der Waals surface area contributed by atoms with Crippen LogP contribution in [0.15, 0.2) is 48.5 Å². The molecule has 6 heteroatoms. The van der Waals surface area contributed by atoms with Crippen LogP contribution in [0.5, 0.6) is 5.75 Å². The van der Waals surface area contributed by atoms with Crippen molar-refractivity contribution in [1.29, 1.82) is 0 Å². The van der Waals surface area contributed by atoms with Crippen LogP contribution >= 0.6 is 0 Å². The predicted molar refractivity (Wildman–Crippen MR) is 109 cm³/mol. The number of benzene rings is 2. The van der Waals surface area contributed by atoms with Crippen LogP contribution in [-0.2, 0) is 21.7 Å². The van der Waals surface area contributed by atoms with Crippen LogP contribution in [0.4, 0.5) is 5.69 Å². The fourth-order valence-electron chi connectivity index (χ4n) is 5.53. The minimum Gasteiger partial charge on any atom is -0.496 e. The van der Waals surface area contributed by atoms with Crippen LogP contribution in [0.2, 0.25) is 0 Å². The first-order chi connectivity index (χ1) is 14.2. The Kier molecular flexibility index (Phi) is 4.32. The second-order valence-corrected chi connectivity index (χ2v) is 8.07. The van der Waals surface area contributed by atoms with E-state index < -0.39 is 11.5 Å². The number of fused-ring (bicyclic) bond motifs is 4. The van der Waals surface area contributed by atoms with Crippen molar-refractivity contribution in [2.24, 2.45) is 5.92 Å². The summed E-state index contributed by atoms with van der Waals surface area (Å²) < 4.78 is 5.40. The van der Waals surface area contributed by atoms with Gasteiger partial charge in [0.15, 0.2) is 0 Å². The van der Waals surface area contributed by atoms with Gasteiger partial charge in [0.25, 0.3) is 0 Å². The Balaban J connectivity index is 1.48. The van der Waals surface area contributed by atoms with E-state index in [0.717, 1.165) is 42.0 Å². The van der Waals surface area contributed by atoms with Crippen molar-refractivity contribution in [3.05, 3.63) is 59.7 Å². The molecule has 0 aliphatic carbocycles. The van der Waals surface area contributed by atoms with Gasteiger partial charge in [0.2, 0.25) is 11.8 Å². The van der Waals surface area contributed by atoms with Crippen molar-refractivity contribution in [3.8, 4) is 5.75 Å². The largest absolute Gasteiger partial charge is 0.496 e. The molecule has 2 aromatic carbocycles. The Morgan fingerprint density at radius 2 is 2.03 bits per heavy atom. The second kappa shape index (κ2) is 6.88. The summed E-state index contributed by atoms with van der Waals surface area (Å²) in [5, 5.41) is 6.12. The summed E-state index contributed by atoms with van der Waals surface area (Å²) in [7, 11) is 1.63. The summed E-state index contributed by atoms with van der Waals surface area (Å²) >= 11 is 0. The lowest BCUT2D eigenvalue weighted by atomic mass is 9.78. The molecule has 2 N–H and O–H groups in total. The molecular formula is C23H25N3O3. The number of rotatable bonds is 4. The van der Waals surface area contributed by atoms with E-state index in [9.17, 15) is 9.59 Å². The highest BCUT2D eigenvalue weighted by Crippen LogP contribution is 2.55. The van der Waals surface area contributed by atoms with E-state index in [0.29, 0.717) is 13.0 Å². The standard InChI is InChI=1S/C23H25N3O3/c1-29-20-11-5-2-7-15(20)14-24-21(27)18-13-16-8-6-12-26(16)23(18)17-9-3-4-10-19(17)25-22(23)28/h2-5,7,9-11,16,18H,6,8,12-14H2,1H3,(H,24,27)(H,25,28)/t16-,18+,23+/m1/s1. The summed E-state index contributed by atoms with van der Waals surface area (Å²) in [4.78, 5) is 29.0. The maximum atomic E-state index is 13.4. The van der Waals surface area contributed by atoms with Gasteiger partial charge in [-0.15, -0.1) is 0 Å². The van der Waals surface area contributed by atoms with Crippen LogP contribution < -0.4 is 15.4 Å². The number of anilines is 1. The van der Waals surface area contributed by atoms with Crippen molar-refractivity contribution in [2.45, 2.75) is 37.4 Å².